The van der Waals surface area contributed by atoms with Crippen molar-refractivity contribution in [1.29, 1.82) is 0 Å². The van der Waals surface area contributed by atoms with Crippen LogP contribution in [0.1, 0.15) is 20.8 Å². The average Bonchev–Trinajstić information content (AvgIpc) is 2.52. The van der Waals surface area contributed by atoms with Crippen molar-refractivity contribution in [3.05, 3.63) is 6.65 Å². The van der Waals surface area contributed by atoms with Crippen LogP contribution in [0.2, 0.25) is 0 Å². The van der Waals surface area contributed by atoms with Crippen molar-refractivity contribution in [2.24, 2.45) is 0 Å². The summed E-state index contributed by atoms with van der Waals surface area (Å²) in [6.45, 7) is 8.58. The molecule has 0 aromatic rings. The van der Waals surface area contributed by atoms with E-state index in [2.05, 4.69) is 16.1 Å². The number of hydrogen-bond acceptors (Lipinski definition) is 8. The zero-order valence-corrected chi connectivity index (χ0v) is 13.0. The van der Waals surface area contributed by atoms with Gasteiger partial charge >= 0.3 is 23.2 Å². The number of rotatable bonds is 12. The van der Waals surface area contributed by atoms with E-state index in [0.29, 0.717) is 6.61 Å². The first-order valence-electron chi connectivity index (χ1n) is 6.58. The predicted octanol–water partition coefficient (Wildman–Crippen LogP) is 0.402. The Hall–Kier alpha value is -1.48. The monoisotopic (exact) mass is 322 g/mol. The van der Waals surface area contributed by atoms with Gasteiger partial charge in [0.25, 0.3) is 6.48 Å². The molecular weight excluding hydrogens is 300 g/mol. The third-order valence-electron chi connectivity index (χ3n) is 1.78. The van der Waals surface area contributed by atoms with E-state index in [0.717, 1.165) is 0 Å². The van der Waals surface area contributed by atoms with Gasteiger partial charge in [-0.25, -0.2) is 9.59 Å². The predicted molar refractivity (Wildman–Crippen MR) is 70.5 cm³/mol. The SMILES string of the molecule is CCOCOC(OCC(=O)OCC)OCC(=O)OCC.[C-]#[O+]. The molecule has 22 heavy (non-hydrogen) atoms. The van der Waals surface area contributed by atoms with Crippen molar-refractivity contribution in [2.75, 3.05) is 39.8 Å². The van der Waals surface area contributed by atoms with Gasteiger partial charge in [-0.05, 0) is 20.8 Å². The van der Waals surface area contributed by atoms with Crippen LogP contribution in [0.3, 0.4) is 0 Å². The third kappa shape index (κ3) is 14.9. The second-order valence-electron chi connectivity index (χ2n) is 3.30. The molecule has 128 valence electrons. The Morgan fingerprint density at radius 1 is 0.864 bits per heavy atom. The Morgan fingerprint density at radius 2 is 1.32 bits per heavy atom. The maximum absolute atomic E-state index is 11.1. The second kappa shape index (κ2) is 17.6. The maximum atomic E-state index is 11.1. The molecule has 0 saturated carbocycles. The molecule has 0 saturated heterocycles. The van der Waals surface area contributed by atoms with Gasteiger partial charge in [-0.3, -0.25) is 0 Å². The van der Waals surface area contributed by atoms with E-state index >= 15 is 0 Å². The number of carbonyl (C=O) groups excluding carboxylic acids is 2. The first-order valence-corrected chi connectivity index (χ1v) is 6.58. The van der Waals surface area contributed by atoms with Crippen LogP contribution in [0.5, 0.6) is 0 Å². The van der Waals surface area contributed by atoms with Crippen LogP contribution in [0, 0.1) is 6.65 Å². The summed E-state index contributed by atoms with van der Waals surface area (Å²) in [4.78, 5) is 22.3. The summed E-state index contributed by atoms with van der Waals surface area (Å²) in [5.74, 6) is -1.12. The van der Waals surface area contributed by atoms with Gasteiger partial charge in [0, 0.05) is 6.61 Å². The third-order valence-corrected chi connectivity index (χ3v) is 1.78. The van der Waals surface area contributed by atoms with Crippen LogP contribution < -0.4 is 0 Å². The molecule has 0 aliphatic carbocycles. The number of carbonyl (C=O) groups is 2. The quantitative estimate of drug-likeness (QED) is 0.167. The van der Waals surface area contributed by atoms with Crippen LogP contribution in [0.15, 0.2) is 0 Å². The Bertz CT molecular complexity index is 281. The molecular formula is C13H22O9. The summed E-state index contributed by atoms with van der Waals surface area (Å²) in [7, 11) is 0. The van der Waals surface area contributed by atoms with Crippen molar-refractivity contribution >= 4 is 11.9 Å². The van der Waals surface area contributed by atoms with E-state index in [4.69, 9.17) is 23.6 Å². The topological polar surface area (TPSA) is 109 Å². The van der Waals surface area contributed by atoms with Gasteiger partial charge in [-0.2, -0.15) is 0 Å². The number of esters is 2. The standard InChI is InChI=1S/C12H22O8.CO/c1-4-15-9-20-12(18-7-10(13)16-5-2)19-8-11(14)17-6-3;1-2/h12H,4-9H2,1-3H3;. The number of hydrogen-bond donors (Lipinski definition) is 0. The van der Waals surface area contributed by atoms with E-state index in [1.807, 2.05) is 0 Å². The molecule has 9 heteroatoms. The molecule has 0 fully saturated rings. The summed E-state index contributed by atoms with van der Waals surface area (Å²) in [6.07, 6.45) is 0. The van der Waals surface area contributed by atoms with Gasteiger partial charge in [0.05, 0.1) is 13.2 Å². The van der Waals surface area contributed by atoms with Gasteiger partial charge in [0.15, 0.2) is 6.79 Å². The van der Waals surface area contributed by atoms with Gasteiger partial charge in [-0.1, -0.05) is 0 Å². The van der Waals surface area contributed by atoms with Crippen molar-refractivity contribution < 1.29 is 42.7 Å². The summed E-state index contributed by atoms with van der Waals surface area (Å²) in [5, 5.41) is 0. The normalized spacial score (nSPS) is 9.73. The summed E-state index contributed by atoms with van der Waals surface area (Å²) in [6, 6.07) is 0. The first kappa shape index (κ1) is 22.8. The molecule has 0 N–H and O–H groups in total. The zero-order chi connectivity index (χ0) is 17.2. The number of ether oxygens (including phenoxy) is 6. The Balaban J connectivity index is 0. The average molecular weight is 322 g/mol. The van der Waals surface area contributed by atoms with Gasteiger partial charge in [0.2, 0.25) is 0 Å². The molecule has 0 amide bonds. The van der Waals surface area contributed by atoms with Gasteiger partial charge in [0.1, 0.15) is 13.2 Å². The molecule has 0 spiro atoms. The van der Waals surface area contributed by atoms with Gasteiger partial charge in [-0.15, -0.1) is 0 Å². The summed E-state index contributed by atoms with van der Waals surface area (Å²) in [5.41, 5.74) is 0. The summed E-state index contributed by atoms with van der Waals surface area (Å²) >= 11 is 0. The second-order valence-corrected chi connectivity index (χ2v) is 3.30. The van der Waals surface area contributed by atoms with Crippen LogP contribution in [0.25, 0.3) is 0 Å². The fraction of sp³-hybridized carbons (Fsp3) is 0.769. The van der Waals surface area contributed by atoms with Gasteiger partial charge < -0.3 is 28.4 Å². The molecule has 0 aliphatic heterocycles. The molecule has 0 unspecified atom stereocenters. The van der Waals surface area contributed by atoms with E-state index in [1.165, 1.54) is 0 Å². The van der Waals surface area contributed by atoms with Crippen molar-refractivity contribution in [1.82, 2.24) is 0 Å². The van der Waals surface area contributed by atoms with Crippen LogP contribution in [-0.4, -0.2) is 58.2 Å². The van der Waals surface area contributed by atoms with E-state index in [-0.39, 0.29) is 33.2 Å². The Labute approximate surface area is 129 Å². The molecule has 0 aromatic carbocycles. The summed E-state index contributed by atoms with van der Waals surface area (Å²) < 4.78 is 36.9. The van der Waals surface area contributed by atoms with E-state index in [9.17, 15) is 9.59 Å². The Kier molecular flexibility index (Phi) is 18.2. The molecule has 0 rings (SSSR count). The molecule has 0 heterocycles. The molecule has 0 aromatic heterocycles. The molecule has 9 nitrogen and oxygen atoms in total. The van der Waals surface area contributed by atoms with E-state index < -0.39 is 18.4 Å². The van der Waals surface area contributed by atoms with Crippen LogP contribution >= 0.6 is 0 Å². The minimum absolute atomic E-state index is 0.0905. The fourth-order valence-electron chi connectivity index (χ4n) is 1.01. The molecule has 0 aliphatic rings. The van der Waals surface area contributed by atoms with Crippen LogP contribution in [-0.2, 0) is 42.7 Å². The minimum atomic E-state index is -1.21. The zero-order valence-electron chi connectivity index (χ0n) is 13.0. The van der Waals surface area contributed by atoms with Crippen molar-refractivity contribution in [2.45, 2.75) is 27.2 Å². The Morgan fingerprint density at radius 3 is 1.68 bits per heavy atom. The molecule has 0 radical (unpaired) electrons. The fourth-order valence-corrected chi connectivity index (χ4v) is 1.01. The molecule has 0 bridgehead atoms. The van der Waals surface area contributed by atoms with Crippen molar-refractivity contribution in [3.8, 4) is 0 Å². The first-order chi connectivity index (χ1) is 10.6. The van der Waals surface area contributed by atoms with Crippen molar-refractivity contribution in [3.63, 3.8) is 0 Å². The van der Waals surface area contributed by atoms with E-state index in [1.54, 1.807) is 20.8 Å². The van der Waals surface area contributed by atoms with Crippen LogP contribution in [0.4, 0.5) is 0 Å². The molecule has 0 atom stereocenters.